The van der Waals surface area contributed by atoms with Gasteiger partial charge in [0, 0.05) is 30.9 Å². The Bertz CT molecular complexity index is 612. The second-order valence-electron chi connectivity index (χ2n) is 5.15. The first-order chi connectivity index (χ1) is 9.16. The van der Waals surface area contributed by atoms with Gasteiger partial charge in [-0.15, -0.1) is 11.3 Å². The van der Waals surface area contributed by atoms with Gasteiger partial charge in [0.1, 0.15) is 0 Å². The zero-order chi connectivity index (χ0) is 13.4. The molecule has 0 saturated carbocycles. The highest BCUT2D eigenvalue weighted by Crippen LogP contribution is 2.31. The lowest BCUT2D eigenvalue weighted by molar-refractivity contribution is 0.0668. The standard InChI is InChI=1S/C15H18N2OS/c1-11-12-5-3-4-6-13(12)19-14(11)15(18)17-9-7-16(2)8-10-17/h3-6H,7-10H2,1-2H3. The average Bonchev–Trinajstić information content (AvgIpc) is 2.77. The molecule has 1 amide bonds. The third kappa shape index (κ3) is 2.26. The molecule has 0 spiro atoms. The summed E-state index contributed by atoms with van der Waals surface area (Å²) < 4.78 is 1.21. The van der Waals surface area contributed by atoms with Crippen LogP contribution in [0.2, 0.25) is 0 Å². The predicted molar refractivity (Wildman–Crippen MR) is 80.0 cm³/mol. The van der Waals surface area contributed by atoms with Crippen molar-refractivity contribution in [2.75, 3.05) is 33.2 Å². The Labute approximate surface area is 117 Å². The number of likely N-dealkylation sites (N-methyl/N-ethyl adjacent to an activating group) is 1. The maximum atomic E-state index is 12.6. The molecule has 1 aliphatic heterocycles. The number of thiophene rings is 1. The fraction of sp³-hybridized carbons (Fsp3) is 0.400. The summed E-state index contributed by atoms with van der Waals surface area (Å²) in [5.74, 6) is 0.201. The van der Waals surface area contributed by atoms with E-state index in [1.165, 1.54) is 10.1 Å². The van der Waals surface area contributed by atoms with Crippen LogP contribution in [0.5, 0.6) is 0 Å². The number of benzene rings is 1. The number of carbonyl (C=O) groups is 1. The molecule has 0 radical (unpaired) electrons. The summed E-state index contributed by atoms with van der Waals surface area (Å²) in [6, 6.07) is 8.25. The summed E-state index contributed by atoms with van der Waals surface area (Å²) in [5.41, 5.74) is 1.13. The van der Waals surface area contributed by atoms with Gasteiger partial charge in [0.15, 0.2) is 0 Å². The van der Waals surface area contributed by atoms with Gasteiger partial charge in [-0.05, 0) is 31.0 Å². The molecule has 0 N–H and O–H groups in total. The highest BCUT2D eigenvalue weighted by molar-refractivity contribution is 7.21. The molecule has 100 valence electrons. The number of hydrogen-bond acceptors (Lipinski definition) is 3. The Kier molecular flexibility index (Phi) is 3.29. The quantitative estimate of drug-likeness (QED) is 0.798. The molecule has 0 atom stereocenters. The zero-order valence-electron chi connectivity index (χ0n) is 11.3. The number of fused-ring (bicyclic) bond motifs is 1. The topological polar surface area (TPSA) is 23.6 Å². The van der Waals surface area contributed by atoms with Crippen molar-refractivity contribution in [2.24, 2.45) is 0 Å². The van der Waals surface area contributed by atoms with Crippen LogP contribution in [0.25, 0.3) is 10.1 Å². The van der Waals surface area contributed by atoms with Crippen LogP contribution in [0, 0.1) is 6.92 Å². The summed E-state index contributed by atoms with van der Waals surface area (Å²) in [4.78, 5) is 17.8. The summed E-state index contributed by atoms with van der Waals surface area (Å²) in [7, 11) is 2.10. The monoisotopic (exact) mass is 274 g/mol. The van der Waals surface area contributed by atoms with Gasteiger partial charge in [0.25, 0.3) is 5.91 Å². The van der Waals surface area contributed by atoms with Gasteiger partial charge in [0.2, 0.25) is 0 Å². The van der Waals surface area contributed by atoms with E-state index in [-0.39, 0.29) is 5.91 Å². The summed E-state index contributed by atoms with van der Waals surface area (Å²) in [6.07, 6.45) is 0. The minimum atomic E-state index is 0.201. The van der Waals surface area contributed by atoms with Crippen LogP contribution < -0.4 is 0 Å². The number of rotatable bonds is 1. The largest absolute Gasteiger partial charge is 0.335 e. The summed E-state index contributed by atoms with van der Waals surface area (Å²) >= 11 is 1.62. The fourth-order valence-corrected chi connectivity index (χ4v) is 3.71. The van der Waals surface area contributed by atoms with E-state index < -0.39 is 0 Å². The fourth-order valence-electron chi connectivity index (χ4n) is 2.53. The first-order valence-electron chi connectivity index (χ1n) is 6.63. The minimum absolute atomic E-state index is 0.201. The molecule has 0 unspecified atom stereocenters. The van der Waals surface area contributed by atoms with Gasteiger partial charge in [-0.1, -0.05) is 18.2 Å². The molecule has 4 heteroatoms. The van der Waals surface area contributed by atoms with Crippen molar-refractivity contribution in [3.63, 3.8) is 0 Å². The summed E-state index contributed by atoms with van der Waals surface area (Å²) in [6.45, 7) is 5.67. The van der Waals surface area contributed by atoms with Gasteiger partial charge in [0.05, 0.1) is 4.88 Å². The number of piperazine rings is 1. The Balaban J connectivity index is 1.91. The van der Waals surface area contributed by atoms with Crippen molar-refractivity contribution in [1.82, 2.24) is 9.80 Å². The highest BCUT2D eigenvalue weighted by atomic mass is 32.1. The lowest BCUT2D eigenvalue weighted by Gasteiger charge is -2.32. The van der Waals surface area contributed by atoms with Crippen molar-refractivity contribution in [3.8, 4) is 0 Å². The zero-order valence-corrected chi connectivity index (χ0v) is 12.2. The molecule has 1 fully saturated rings. The predicted octanol–water partition coefficient (Wildman–Crippen LogP) is 2.60. The molecule has 1 aromatic heterocycles. The molecule has 0 aliphatic carbocycles. The van der Waals surface area contributed by atoms with Crippen molar-refractivity contribution in [3.05, 3.63) is 34.7 Å². The molecule has 3 nitrogen and oxygen atoms in total. The number of carbonyl (C=O) groups excluding carboxylic acids is 1. The van der Waals surface area contributed by atoms with Crippen molar-refractivity contribution in [2.45, 2.75) is 6.92 Å². The Morgan fingerprint density at radius 2 is 1.84 bits per heavy atom. The SMILES string of the molecule is Cc1c(C(=O)N2CCN(C)CC2)sc2ccccc12. The van der Waals surface area contributed by atoms with E-state index in [1.807, 2.05) is 17.0 Å². The van der Waals surface area contributed by atoms with Crippen molar-refractivity contribution in [1.29, 1.82) is 0 Å². The third-order valence-electron chi connectivity index (χ3n) is 3.83. The van der Waals surface area contributed by atoms with Crippen molar-refractivity contribution < 1.29 is 4.79 Å². The van der Waals surface area contributed by atoms with Gasteiger partial charge in [-0.3, -0.25) is 4.79 Å². The van der Waals surface area contributed by atoms with E-state index in [1.54, 1.807) is 11.3 Å². The number of amides is 1. The van der Waals surface area contributed by atoms with Gasteiger partial charge in [-0.25, -0.2) is 0 Å². The average molecular weight is 274 g/mol. The molecule has 2 heterocycles. The molecular formula is C15H18N2OS. The van der Waals surface area contributed by atoms with Crippen molar-refractivity contribution >= 4 is 27.3 Å². The minimum Gasteiger partial charge on any atom is -0.335 e. The molecular weight excluding hydrogens is 256 g/mol. The lowest BCUT2D eigenvalue weighted by atomic mass is 10.1. The van der Waals surface area contributed by atoms with E-state index in [4.69, 9.17) is 0 Å². The van der Waals surface area contributed by atoms with Crippen LogP contribution in [-0.2, 0) is 0 Å². The van der Waals surface area contributed by atoms with E-state index in [9.17, 15) is 4.79 Å². The van der Waals surface area contributed by atoms with Crippen LogP contribution >= 0.6 is 11.3 Å². The number of aryl methyl sites for hydroxylation is 1. The van der Waals surface area contributed by atoms with E-state index in [0.29, 0.717) is 0 Å². The third-order valence-corrected chi connectivity index (χ3v) is 5.09. The summed E-state index contributed by atoms with van der Waals surface area (Å²) in [5, 5.41) is 1.21. The number of hydrogen-bond donors (Lipinski definition) is 0. The smallest absolute Gasteiger partial charge is 0.264 e. The van der Waals surface area contributed by atoms with Gasteiger partial charge < -0.3 is 9.80 Å². The molecule has 1 aromatic carbocycles. The van der Waals surface area contributed by atoms with E-state index in [2.05, 4.69) is 31.0 Å². The Hall–Kier alpha value is -1.39. The van der Waals surface area contributed by atoms with E-state index >= 15 is 0 Å². The first kappa shape index (κ1) is 12.6. The lowest BCUT2D eigenvalue weighted by Crippen LogP contribution is -2.47. The second-order valence-corrected chi connectivity index (χ2v) is 6.20. The Morgan fingerprint density at radius 1 is 1.16 bits per heavy atom. The van der Waals surface area contributed by atoms with Crippen LogP contribution in [-0.4, -0.2) is 48.9 Å². The van der Waals surface area contributed by atoms with E-state index in [0.717, 1.165) is 36.6 Å². The van der Waals surface area contributed by atoms with Gasteiger partial charge in [-0.2, -0.15) is 0 Å². The first-order valence-corrected chi connectivity index (χ1v) is 7.44. The van der Waals surface area contributed by atoms with Crippen LogP contribution in [0.3, 0.4) is 0 Å². The molecule has 2 aromatic rings. The van der Waals surface area contributed by atoms with Crippen LogP contribution in [0.4, 0.5) is 0 Å². The normalized spacial score (nSPS) is 17.1. The maximum Gasteiger partial charge on any atom is 0.264 e. The second kappa shape index (κ2) is 4.94. The molecule has 1 aliphatic rings. The Morgan fingerprint density at radius 3 is 2.53 bits per heavy atom. The molecule has 3 rings (SSSR count). The molecule has 1 saturated heterocycles. The highest BCUT2D eigenvalue weighted by Gasteiger charge is 2.23. The van der Waals surface area contributed by atoms with Crippen LogP contribution in [0.15, 0.2) is 24.3 Å². The maximum absolute atomic E-state index is 12.6. The molecule has 19 heavy (non-hydrogen) atoms. The van der Waals surface area contributed by atoms with Crippen LogP contribution in [0.1, 0.15) is 15.2 Å². The molecule has 0 bridgehead atoms. The number of nitrogens with zero attached hydrogens (tertiary/aromatic N) is 2. The van der Waals surface area contributed by atoms with Gasteiger partial charge >= 0.3 is 0 Å².